The molecule has 8 heteroatoms. The molecule has 0 aliphatic heterocycles. The Hall–Kier alpha value is -3.68. The van der Waals surface area contributed by atoms with Gasteiger partial charge in [0.1, 0.15) is 12.6 Å². The number of carbonyl (C=O) groups is 2. The summed E-state index contributed by atoms with van der Waals surface area (Å²) in [6, 6.07) is 14.9. The highest BCUT2D eigenvalue weighted by molar-refractivity contribution is 5.81. The number of carbonyl (C=O) groups excluding carboxylic acids is 1. The van der Waals surface area contributed by atoms with Crippen molar-refractivity contribution in [2.24, 2.45) is 0 Å². The van der Waals surface area contributed by atoms with E-state index in [0.717, 1.165) is 22.3 Å². The minimum absolute atomic E-state index is 0.0273. The van der Waals surface area contributed by atoms with E-state index in [9.17, 15) is 14.7 Å². The molecule has 1 unspecified atom stereocenters. The first-order valence-corrected chi connectivity index (χ1v) is 9.80. The lowest BCUT2D eigenvalue weighted by molar-refractivity contribution is -0.139. The highest BCUT2D eigenvalue weighted by atomic mass is 16.5. The predicted octanol–water partition coefficient (Wildman–Crippen LogP) is 2.83. The summed E-state index contributed by atoms with van der Waals surface area (Å²) < 4.78 is 7.03. The number of aryl methyl sites for hydroxylation is 1. The largest absolute Gasteiger partial charge is 0.480 e. The van der Waals surface area contributed by atoms with E-state index in [1.807, 2.05) is 43.3 Å². The fraction of sp³-hybridized carbons (Fsp3) is 0.273. The van der Waals surface area contributed by atoms with E-state index < -0.39 is 18.1 Å². The van der Waals surface area contributed by atoms with Gasteiger partial charge in [-0.05, 0) is 29.2 Å². The molecule has 4 rings (SSSR count). The van der Waals surface area contributed by atoms with E-state index in [0.29, 0.717) is 12.2 Å². The van der Waals surface area contributed by atoms with Crippen LogP contribution in [-0.2, 0) is 22.5 Å². The summed E-state index contributed by atoms with van der Waals surface area (Å²) in [5.74, 6) is -1.24. The zero-order chi connectivity index (χ0) is 21.1. The zero-order valence-electron chi connectivity index (χ0n) is 16.5. The number of aliphatic carboxylic acids is 1. The smallest absolute Gasteiger partial charge is 0.407 e. The molecule has 0 fully saturated rings. The number of benzene rings is 2. The van der Waals surface area contributed by atoms with Gasteiger partial charge in [0, 0.05) is 25.1 Å². The Balaban J connectivity index is 1.42. The molecule has 0 saturated heterocycles. The van der Waals surface area contributed by atoms with Crippen LogP contribution in [0.15, 0.2) is 54.7 Å². The van der Waals surface area contributed by atoms with Gasteiger partial charge >= 0.3 is 12.1 Å². The molecule has 8 nitrogen and oxygen atoms in total. The number of aromatic nitrogens is 3. The molecular weight excluding hydrogens is 384 g/mol. The third kappa shape index (κ3) is 3.89. The van der Waals surface area contributed by atoms with Gasteiger partial charge in [-0.3, -0.25) is 4.68 Å². The fourth-order valence-corrected chi connectivity index (χ4v) is 3.78. The molecule has 154 valence electrons. The van der Waals surface area contributed by atoms with Crippen LogP contribution < -0.4 is 5.32 Å². The Kier molecular flexibility index (Phi) is 5.47. The lowest BCUT2D eigenvalue weighted by Crippen LogP contribution is -2.43. The summed E-state index contributed by atoms with van der Waals surface area (Å²) in [5, 5.41) is 19.7. The Morgan fingerprint density at radius 2 is 1.77 bits per heavy atom. The van der Waals surface area contributed by atoms with Crippen LogP contribution in [0.1, 0.15) is 29.7 Å². The average Bonchev–Trinajstić information content (AvgIpc) is 3.34. The quantitative estimate of drug-likeness (QED) is 0.625. The summed E-state index contributed by atoms with van der Waals surface area (Å²) >= 11 is 0. The van der Waals surface area contributed by atoms with Crippen molar-refractivity contribution in [3.63, 3.8) is 0 Å². The third-order valence-electron chi connectivity index (χ3n) is 5.26. The molecule has 3 aromatic rings. The van der Waals surface area contributed by atoms with E-state index in [-0.39, 0.29) is 18.9 Å². The SMILES string of the molecule is CCn1cc(CC(NC(=O)OCC2c3ccccc3-c3ccccc32)C(=O)O)nn1. The molecular formula is C22H22N4O4. The van der Waals surface area contributed by atoms with Gasteiger partial charge in [0.2, 0.25) is 0 Å². The first kappa shape index (κ1) is 19.6. The number of carboxylic acids is 1. The van der Waals surface area contributed by atoms with E-state index in [1.54, 1.807) is 10.9 Å². The summed E-state index contributed by atoms with van der Waals surface area (Å²) in [4.78, 5) is 23.9. The summed E-state index contributed by atoms with van der Waals surface area (Å²) in [5.41, 5.74) is 4.94. The summed E-state index contributed by atoms with van der Waals surface area (Å²) in [7, 11) is 0. The highest BCUT2D eigenvalue weighted by Crippen LogP contribution is 2.44. The van der Waals surface area contributed by atoms with E-state index in [2.05, 4.69) is 27.8 Å². The van der Waals surface area contributed by atoms with Crippen LogP contribution in [0.5, 0.6) is 0 Å². The topological polar surface area (TPSA) is 106 Å². The van der Waals surface area contributed by atoms with Gasteiger partial charge < -0.3 is 15.2 Å². The van der Waals surface area contributed by atoms with Crippen molar-refractivity contribution in [2.45, 2.75) is 31.8 Å². The lowest BCUT2D eigenvalue weighted by Gasteiger charge is -2.17. The van der Waals surface area contributed by atoms with Crippen molar-refractivity contribution in [3.05, 3.63) is 71.5 Å². The fourth-order valence-electron chi connectivity index (χ4n) is 3.78. The van der Waals surface area contributed by atoms with Gasteiger partial charge in [-0.25, -0.2) is 9.59 Å². The summed E-state index contributed by atoms with van der Waals surface area (Å²) in [6.07, 6.45) is 0.918. The van der Waals surface area contributed by atoms with E-state index >= 15 is 0 Å². The lowest BCUT2D eigenvalue weighted by atomic mass is 9.98. The van der Waals surface area contributed by atoms with Gasteiger partial charge in [0.05, 0.1) is 5.69 Å². The molecule has 30 heavy (non-hydrogen) atoms. The van der Waals surface area contributed by atoms with Crippen molar-refractivity contribution in [2.75, 3.05) is 6.61 Å². The standard InChI is InChI=1S/C22H22N4O4/c1-2-26-12-14(24-25-26)11-20(21(27)28)23-22(29)30-13-19-17-9-5-3-7-15(17)16-8-4-6-10-18(16)19/h3-10,12,19-20H,2,11,13H2,1H3,(H,23,29)(H,27,28). The molecule has 0 saturated carbocycles. The number of hydrogen-bond acceptors (Lipinski definition) is 5. The van der Waals surface area contributed by atoms with Gasteiger partial charge in [-0.15, -0.1) is 5.10 Å². The van der Waals surface area contributed by atoms with E-state index in [1.165, 1.54) is 0 Å². The Bertz CT molecular complexity index is 1030. The highest BCUT2D eigenvalue weighted by Gasteiger charge is 2.30. The van der Waals surface area contributed by atoms with Crippen LogP contribution >= 0.6 is 0 Å². The number of alkyl carbamates (subject to hydrolysis) is 1. The number of nitrogens with one attached hydrogen (secondary N) is 1. The number of rotatable bonds is 7. The molecule has 0 spiro atoms. The van der Waals surface area contributed by atoms with Gasteiger partial charge in [0.25, 0.3) is 0 Å². The molecule has 0 radical (unpaired) electrons. The number of hydrogen-bond donors (Lipinski definition) is 2. The average molecular weight is 406 g/mol. The van der Waals surface area contributed by atoms with Crippen LogP contribution in [0.4, 0.5) is 4.79 Å². The number of fused-ring (bicyclic) bond motifs is 3. The normalized spacial score (nSPS) is 13.4. The van der Waals surface area contributed by atoms with Gasteiger partial charge in [-0.1, -0.05) is 53.7 Å². The van der Waals surface area contributed by atoms with Crippen molar-refractivity contribution in [1.82, 2.24) is 20.3 Å². The number of nitrogens with zero attached hydrogens (tertiary/aromatic N) is 3. The molecule has 1 amide bonds. The number of amides is 1. The Morgan fingerprint density at radius 1 is 1.13 bits per heavy atom. The molecule has 2 N–H and O–H groups in total. The van der Waals surface area contributed by atoms with Gasteiger partial charge in [-0.2, -0.15) is 0 Å². The van der Waals surface area contributed by atoms with Gasteiger partial charge in [0.15, 0.2) is 0 Å². The molecule has 1 atom stereocenters. The Labute approximate surface area is 173 Å². The molecule has 1 aliphatic rings. The van der Waals surface area contributed by atoms with Crippen LogP contribution in [0, 0.1) is 0 Å². The first-order chi connectivity index (χ1) is 14.6. The molecule has 1 aliphatic carbocycles. The molecule has 2 aromatic carbocycles. The van der Waals surface area contributed by atoms with E-state index in [4.69, 9.17) is 4.74 Å². The second-order valence-electron chi connectivity index (χ2n) is 7.13. The zero-order valence-corrected chi connectivity index (χ0v) is 16.5. The molecule has 1 heterocycles. The number of ether oxygens (including phenoxy) is 1. The van der Waals surface area contributed by atoms with Crippen LogP contribution in [0.25, 0.3) is 11.1 Å². The number of carboxylic acid groups (broad SMARTS) is 1. The van der Waals surface area contributed by atoms with Crippen molar-refractivity contribution < 1.29 is 19.4 Å². The maximum atomic E-state index is 12.4. The minimum Gasteiger partial charge on any atom is -0.480 e. The maximum Gasteiger partial charge on any atom is 0.407 e. The minimum atomic E-state index is -1.16. The third-order valence-corrected chi connectivity index (χ3v) is 5.26. The second-order valence-corrected chi connectivity index (χ2v) is 7.13. The summed E-state index contributed by atoms with van der Waals surface area (Å²) in [6.45, 7) is 2.66. The van der Waals surface area contributed by atoms with Crippen LogP contribution in [-0.4, -0.2) is 44.8 Å². The maximum absolute atomic E-state index is 12.4. The van der Waals surface area contributed by atoms with Crippen molar-refractivity contribution in [1.29, 1.82) is 0 Å². The monoisotopic (exact) mass is 406 g/mol. The first-order valence-electron chi connectivity index (χ1n) is 9.80. The molecule has 0 bridgehead atoms. The van der Waals surface area contributed by atoms with Crippen molar-refractivity contribution in [3.8, 4) is 11.1 Å². The molecule has 1 aromatic heterocycles. The van der Waals surface area contributed by atoms with Crippen molar-refractivity contribution >= 4 is 12.1 Å². The Morgan fingerprint density at radius 3 is 2.33 bits per heavy atom. The predicted molar refractivity (Wildman–Crippen MR) is 109 cm³/mol. The van der Waals surface area contributed by atoms with Crippen LogP contribution in [0.3, 0.4) is 0 Å². The van der Waals surface area contributed by atoms with Crippen LogP contribution in [0.2, 0.25) is 0 Å². The second kappa shape index (κ2) is 8.36.